The number of hydrogen-bond acceptors (Lipinski definition) is 38. The number of ether oxygens (including phenoxy) is 25. The molecule has 18 rings (SSSR count). The fourth-order valence-corrected chi connectivity index (χ4v) is 20.3. The summed E-state index contributed by atoms with van der Waals surface area (Å²) in [6.07, 6.45) is -5.29. The standard InChI is InChI=1S/C22H35N2O8P.C19H32O7Si.C13H18O7.C12H23O4Si.C8H13O3.C6H9O3.5CH4O.9U/c1-15(2)24(16(3)4)33(31-8-7-23-6)32-20-18-10-30-22(20,13-27-18)12-25-14-28-19-17-9-29-21(19,5)11-26-17;1-17(2,3)27(5,6)26-16-14-8-25-19(16,11-22-14)10-20-12-23-15-13-7-24-18(15,4)9-21-13;1-12-4-16-9(3-19-12)11(12)18-7-15-5-13-6-17-8(2-20-13)10(13)14;1-11(2,3)17(4,5)16-10-9-6-15-12(10,7-13)8-14-9;1-3-9-7-6-4-11-8(7,2)5-10-6;1-6-3-8-4(2-9-6)5(6)7;5*1-2;;;;;;;;;/h9-10,15-20H,7-8,11-14H2,1-5H3;7-8,13-16H,9-12H2,1-6H3;2-3,8-11,14H,4-7H2,1H3;6,9-10,13H,7-8H2,1-5H3;4,6-7H,3,5H2,1-2H3;2,4-5,7H,3H2,1H3;5*2H,1H3;;;;;;;;;/q3*-2;3*-1;;;;;;;;;;;;;;/t17-,18-,19-,20-,21-,22-,33?;13-,14-,15-,16-,18-,19-;8-,9-,10-,11-,12-,13-;9-,10-,12-;6-,7-,8-;4-,5-,6-;;;;;;;;;;;;;;/m000000............../s1/i5D;4D;1D;;2D;1D;5*2T;;;;;;;;;. The molecule has 0 aromatic heterocycles. The summed E-state index contributed by atoms with van der Waals surface area (Å²) in [5.41, 5.74) is -6.37. The molecular formula is C85H150N2O37PSi2U9-9. The Balaban J connectivity index is 0. The van der Waals surface area contributed by atoms with Crippen LogP contribution in [0.25, 0.3) is 4.85 Å². The minimum absolute atomic E-state index is 0. The van der Waals surface area contributed by atoms with Crippen molar-refractivity contribution in [2.24, 2.45) is 0 Å². The topological polar surface area (TPSA) is 437 Å². The number of hydrogen-bond donors (Lipinski definition) is 8. The van der Waals surface area contributed by atoms with Gasteiger partial charge in [0, 0.05) is 341 Å². The van der Waals surface area contributed by atoms with Crippen LogP contribution < -0.4 is 0 Å². The summed E-state index contributed by atoms with van der Waals surface area (Å²) in [5.74, 6) is 0. The van der Waals surface area contributed by atoms with Gasteiger partial charge in [0.15, 0.2) is 16.6 Å². The normalized spacial score (nSPS) is 39.3. The molecule has 780 valence electrons. The Morgan fingerprint density at radius 2 is 0.691 bits per heavy atom. The van der Waals surface area contributed by atoms with Crippen molar-refractivity contribution in [1.29, 1.82) is 7.16 Å². The molecule has 18 saturated heterocycles. The average molecular weight is 4040 g/mol. The van der Waals surface area contributed by atoms with Gasteiger partial charge in [-0.05, 0) is 160 Å². The molecule has 39 nitrogen and oxygen atoms in total. The van der Waals surface area contributed by atoms with Gasteiger partial charge in [-0.15, -0.1) is 0 Å². The largest absolute Gasteiger partial charge is 0.542 e. The Bertz CT molecular complexity index is 3460. The SMILES string of the molecule is CC(C)(C)[Si](C)(C)O[C@H]1[C@@H]2[CH-]O[C@@]1(CO)CO2.[2H]C[C@@]12CO[C@@H]([CH-]O1)[C@@H]2O.[2H]C[C@@]12CO[C@@H]([CH-]O1)[C@@H]2OCC.[2H]C[C@@]12CO[C@@H]([CH-]O1)[C@@H]2OCOC[C@@]12CO[C@@H]([CH-]O1)[C@@H]2O.[2H]C[C@@]12CO[C@@H]([CH-]O1)[C@@H]2OCOC[C@@]12CO[C@@H]([CH-]O1)[C@@H]2OP(OCC[N+]#[C-])N(C(C)C)C(C)C.[2H]C[C@@]12CO[C@@H]([CH-]O1)[C@@H]2OCOC[C@@]12CO[C@@H]([CH-]O1)[C@@H]2O[Si](C)(C)C(C)(C)C.[3H]OC.[3H]OC.[3H]OC.[3H]OC.[3H]OC.[U].[U].[U].[U].[U].[U].[U].[U].[U]. The predicted molar refractivity (Wildman–Crippen MR) is 457 cm³/mol. The van der Waals surface area contributed by atoms with E-state index in [1.54, 1.807) is 46.2 Å². The molecule has 0 amide bonds. The molecule has 0 aromatic carbocycles. The average Bonchev–Trinajstić information content (AvgIpc) is 1.58. The van der Waals surface area contributed by atoms with Gasteiger partial charge in [0.1, 0.15) is 49.4 Å². The summed E-state index contributed by atoms with van der Waals surface area (Å²) >= 11 is 0. The first kappa shape index (κ1) is 128. The minimum atomic E-state index is -1.98. The smallest absolute Gasteiger partial charge is 0.259 e. The molecule has 0 aliphatic carbocycles. The van der Waals surface area contributed by atoms with Gasteiger partial charge in [-0.3, -0.25) is 0 Å². The molecular weight excluding hydrogens is 3870 g/mol. The van der Waals surface area contributed by atoms with Gasteiger partial charge < -0.3 is 182 Å². The maximum Gasteiger partial charge on any atom is 0.259 e. The van der Waals surface area contributed by atoms with Crippen LogP contribution in [0.15, 0.2) is 0 Å². The van der Waals surface area contributed by atoms with Crippen LogP contribution in [0.1, 0.15) is 118 Å². The van der Waals surface area contributed by atoms with E-state index in [0.29, 0.717) is 79.3 Å². The van der Waals surface area contributed by atoms with E-state index in [1.165, 1.54) is 48.8 Å². The molecule has 28 atom stereocenters. The molecule has 0 aromatic rings. The monoisotopic (exact) mass is 4040 g/mol. The van der Waals surface area contributed by atoms with E-state index in [2.05, 4.69) is 130 Å². The fraction of sp³-hybridized carbons (Fsp3) is 0.882. The van der Waals surface area contributed by atoms with Crippen LogP contribution in [-0.2, 0) is 136 Å². The molecule has 0 spiro atoms. The number of aliphatic hydroxyl groups is 8. The zero-order chi connectivity index (χ0) is 101. The second-order valence-corrected chi connectivity index (χ2v) is 47.5. The summed E-state index contributed by atoms with van der Waals surface area (Å²) in [7, 11) is 1.17. The van der Waals surface area contributed by atoms with E-state index < -0.39 is 93.9 Å². The zero-order valence-corrected chi connectivity index (χ0v) is 122. The molecule has 18 aliphatic heterocycles. The maximum atomic E-state index is 9.99. The number of aliphatic hydroxyl groups excluding tert-OH is 8. The van der Waals surface area contributed by atoms with Crippen LogP contribution in [0.5, 0.6) is 0 Å². The first-order valence-corrected chi connectivity index (χ1v) is 49.3. The quantitative estimate of drug-likeness (QED) is 0.0159. The zero-order valence-electron chi connectivity index (χ0n) is 91.8. The molecule has 0 radical (unpaired) electrons. The number of rotatable bonds is 30. The molecule has 51 heteroatoms. The maximum absolute atomic E-state index is 9.99. The van der Waals surface area contributed by atoms with E-state index in [9.17, 15) is 15.3 Å². The van der Waals surface area contributed by atoms with Gasteiger partial charge in [0.25, 0.3) is 8.53 Å². The van der Waals surface area contributed by atoms with Gasteiger partial charge in [-0.25, -0.2) is 11.2 Å². The Morgan fingerprint density at radius 3 is 0.956 bits per heavy atom. The van der Waals surface area contributed by atoms with Gasteiger partial charge >= 0.3 is 0 Å². The second-order valence-electron chi connectivity index (χ2n) is 36.6. The Hall–Kier alpha value is 8.30. The van der Waals surface area contributed by atoms with Gasteiger partial charge in [-0.1, -0.05) is 41.5 Å². The minimum Gasteiger partial charge on any atom is -0.542 e. The van der Waals surface area contributed by atoms with E-state index >= 15 is 0 Å². The van der Waals surface area contributed by atoms with E-state index in [1.807, 2.05) is 6.92 Å². The van der Waals surface area contributed by atoms with Crippen LogP contribution in [0, 0.1) is 346 Å². The van der Waals surface area contributed by atoms with Crippen molar-refractivity contribution in [3.8, 4) is 0 Å². The second kappa shape index (κ2) is 65.6. The van der Waals surface area contributed by atoms with Crippen LogP contribution in [-0.4, -0.2) is 403 Å². The van der Waals surface area contributed by atoms with E-state index in [0.717, 1.165) is 0 Å². The summed E-state index contributed by atoms with van der Waals surface area (Å²) in [5, 5.41) is 46.6. The summed E-state index contributed by atoms with van der Waals surface area (Å²) in [4.78, 5) is 3.39. The van der Waals surface area contributed by atoms with Crippen molar-refractivity contribution < 1.29 is 464 Å². The van der Waals surface area contributed by atoms with Crippen LogP contribution in [0.2, 0.25) is 36.3 Å². The van der Waals surface area contributed by atoms with Crippen molar-refractivity contribution in [2.75, 3.05) is 162 Å². The van der Waals surface area contributed by atoms with Gasteiger partial charge in [-0.2, -0.15) is 59.5 Å². The molecule has 1 unspecified atom stereocenters. The van der Waals surface area contributed by atoms with E-state index in [-0.39, 0.29) is 475 Å². The van der Waals surface area contributed by atoms with Crippen molar-refractivity contribution >= 4 is 25.2 Å². The molecule has 18 fully saturated rings. The van der Waals surface area contributed by atoms with E-state index in [4.69, 9.17) is 157 Å². The molecule has 18 bridgehead atoms. The van der Waals surface area contributed by atoms with Gasteiger partial charge in [0.05, 0.1) is 169 Å². The first-order valence-electron chi connectivity index (χ1n) is 48.0. The summed E-state index contributed by atoms with van der Waals surface area (Å²) < 4.78 is 234. The number of nitrogens with zero attached hydrogens (tertiary/aromatic N) is 2. The molecule has 8 N–H and O–H groups in total. The van der Waals surface area contributed by atoms with Crippen molar-refractivity contribution in [3.63, 3.8) is 0 Å². The molecule has 18 aliphatic rings. The Morgan fingerprint density at radius 1 is 0.419 bits per heavy atom. The summed E-state index contributed by atoms with van der Waals surface area (Å²) in [6.45, 7) is 59.8. The molecule has 0 saturated carbocycles. The van der Waals surface area contributed by atoms with Gasteiger partial charge in [0.2, 0.25) is 13.7 Å². The first-order chi connectivity index (χ1) is 65.1. The fourth-order valence-electron chi connectivity index (χ4n) is 15.8. The van der Waals surface area contributed by atoms with Crippen LogP contribution in [0.3, 0.4) is 0 Å². The molecule has 136 heavy (non-hydrogen) atoms. The number of fused-ring (bicyclic) bond motifs is 18. The third-order valence-corrected chi connectivity index (χ3v) is 36.0. The Labute approximate surface area is 1040 Å². The van der Waals surface area contributed by atoms with Crippen molar-refractivity contribution in [2.45, 2.75) is 319 Å². The molecule has 18 heterocycles. The van der Waals surface area contributed by atoms with Crippen molar-refractivity contribution in [3.05, 3.63) is 70.9 Å². The van der Waals surface area contributed by atoms with Crippen LogP contribution in [0.4, 0.5) is 0 Å². The predicted octanol–water partition coefficient (Wildman–Crippen LogP) is 4.67. The third-order valence-electron chi connectivity index (χ3n) is 25.0. The third kappa shape index (κ3) is 34.9. The van der Waals surface area contributed by atoms with Crippen LogP contribution >= 0.6 is 8.53 Å². The summed E-state index contributed by atoms with van der Waals surface area (Å²) in [6, 6.07) is 0.383. The van der Waals surface area contributed by atoms with Crippen molar-refractivity contribution in [1.82, 2.24) is 4.67 Å². The Kier molecular flexibility index (Phi) is 61.6.